The molecular formula is C43H64B2O7. The number of aliphatic carboxylic acids is 1. The van der Waals surface area contributed by atoms with Crippen molar-refractivity contribution in [1.29, 1.82) is 0 Å². The fraction of sp³-hybridized carbons (Fsp3) is 0.558. The van der Waals surface area contributed by atoms with Crippen molar-refractivity contribution in [2.24, 2.45) is 0 Å². The summed E-state index contributed by atoms with van der Waals surface area (Å²) in [6.07, 6.45) is 18.3. The molecule has 3 aromatic carbocycles. The van der Waals surface area contributed by atoms with Crippen LogP contribution in [0.4, 0.5) is 0 Å². The predicted octanol–water partition coefficient (Wildman–Crippen LogP) is 8.27. The van der Waals surface area contributed by atoms with Crippen LogP contribution in [0, 0.1) is 27.7 Å². The maximum atomic E-state index is 11.6. The zero-order valence-electron chi connectivity index (χ0n) is 32.8. The van der Waals surface area contributed by atoms with Gasteiger partial charge in [-0.1, -0.05) is 115 Å². The summed E-state index contributed by atoms with van der Waals surface area (Å²) in [5.41, 5.74) is 9.16. The van der Waals surface area contributed by atoms with Gasteiger partial charge in [-0.2, -0.15) is 0 Å². The van der Waals surface area contributed by atoms with E-state index in [-0.39, 0.29) is 12.5 Å². The summed E-state index contributed by atoms with van der Waals surface area (Å²) >= 11 is 0. The molecule has 0 bridgehead atoms. The third-order valence-corrected chi connectivity index (χ3v) is 10.4. The number of carboxylic acids is 1. The van der Waals surface area contributed by atoms with Gasteiger partial charge in [0.25, 0.3) is 0 Å². The summed E-state index contributed by atoms with van der Waals surface area (Å²) in [5.74, 6) is -0.219. The largest absolute Gasteiger partial charge is 0.489 e. The zero-order valence-corrected chi connectivity index (χ0v) is 32.8. The molecule has 9 heteroatoms. The molecule has 0 heterocycles. The van der Waals surface area contributed by atoms with E-state index in [9.17, 15) is 30.0 Å². The Morgan fingerprint density at radius 1 is 0.615 bits per heavy atom. The molecule has 0 spiro atoms. The van der Waals surface area contributed by atoms with Crippen LogP contribution in [0.1, 0.15) is 144 Å². The molecule has 3 rings (SSSR count). The number of carboxylic acid groups (broad SMARTS) is 1. The highest BCUT2D eigenvalue weighted by Crippen LogP contribution is 2.45. The number of ether oxygens (including phenoxy) is 1. The van der Waals surface area contributed by atoms with Crippen LogP contribution in [0.25, 0.3) is 22.3 Å². The van der Waals surface area contributed by atoms with E-state index in [1.165, 1.54) is 70.6 Å². The molecule has 0 saturated carbocycles. The second kappa shape index (κ2) is 22.2. The van der Waals surface area contributed by atoms with E-state index in [1.54, 1.807) is 24.3 Å². The first kappa shape index (κ1) is 43.3. The number of rotatable bonds is 24. The van der Waals surface area contributed by atoms with Crippen LogP contribution in [0.5, 0.6) is 5.75 Å². The van der Waals surface area contributed by atoms with Crippen LogP contribution in [0.15, 0.2) is 36.4 Å². The maximum absolute atomic E-state index is 11.6. The summed E-state index contributed by atoms with van der Waals surface area (Å²) in [5, 5.41) is 49.5. The lowest BCUT2D eigenvalue weighted by Gasteiger charge is -2.26. The molecule has 0 aliphatic heterocycles. The van der Waals surface area contributed by atoms with Crippen molar-refractivity contribution in [3.05, 3.63) is 64.2 Å². The lowest BCUT2D eigenvalue weighted by atomic mass is 9.76. The third-order valence-electron chi connectivity index (χ3n) is 10.4. The number of carbonyl (C=O) groups is 1. The Morgan fingerprint density at radius 3 is 1.35 bits per heavy atom. The minimum Gasteiger partial charge on any atom is -0.489 e. The van der Waals surface area contributed by atoms with Crippen LogP contribution >= 0.6 is 0 Å². The predicted molar refractivity (Wildman–Crippen MR) is 217 cm³/mol. The Labute approximate surface area is 314 Å². The summed E-state index contributed by atoms with van der Waals surface area (Å²) in [7, 11) is -3.18. The Bertz CT molecular complexity index is 1440. The van der Waals surface area contributed by atoms with E-state index >= 15 is 0 Å². The van der Waals surface area contributed by atoms with Gasteiger partial charge in [-0.25, -0.2) is 0 Å². The first-order chi connectivity index (χ1) is 24.9. The lowest BCUT2D eigenvalue weighted by molar-refractivity contribution is -0.137. The molecule has 3 aromatic rings. The van der Waals surface area contributed by atoms with Crippen molar-refractivity contribution in [2.75, 3.05) is 0 Å². The van der Waals surface area contributed by atoms with Gasteiger partial charge in [0, 0.05) is 17.5 Å². The molecule has 0 saturated heterocycles. The van der Waals surface area contributed by atoms with E-state index in [0.29, 0.717) is 29.5 Å². The number of aryl methyl sites for hydroxylation is 5. The van der Waals surface area contributed by atoms with Gasteiger partial charge < -0.3 is 29.9 Å². The smallest absolute Gasteiger partial charge is 0.488 e. The fourth-order valence-electron chi connectivity index (χ4n) is 7.62. The molecule has 0 aromatic heterocycles. The highest BCUT2D eigenvalue weighted by Gasteiger charge is 2.25. The standard InChI is InChI=1S/C43H64B2O7/c1-7-9-10-11-12-13-14-15-16-17-18-19-20-21-34-28-38(41-30(3)24-35(44(48)49)25-31(41)4)43(52-37(8-2)22-23-40(46)47)39(29-34)42-32(5)26-36(45(50)51)27-33(42)6/h24-29,37,48-51H,7-23H2,1-6H3,(H,46,47). The van der Waals surface area contributed by atoms with Crippen LogP contribution in [-0.2, 0) is 11.2 Å². The third kappa shape index (κ3) is 13.1. The van der Waals surface area contributed by atoms with Crippen LogP contribution in [0.3, 0.4) is 0 Å². The van der Waals surface area contributed by atoms with Crippen molar-refractivity contribution in [1.82, 2.24) is 0 Å². The summed E-state index contributed by atoms with van der Waals surface area (Å²) in [6, 6.07) is 11.6. The Balaban J connectivity index is 2.00. The number of hydrogen-bond donors (Lipinski definition) is 5. The molecule has 1 unspecified atom stereocenters. The first-order valence-corrected chi connectivity index (χ1v) is 19.9. The molecular weight excluding hydrogens is 650 g/mol. The molecule has 0 fully saturated rings. The van der Waals surface area contributed by atoms with Gasteiger partial charge in [-0.3, -0.25) is 4.79 Å². The molecule has 5 N–H and O–H groups in total. The van der Waals surface area contributed by atoms with Crippen molar-refractivity contribution in [3.8, 4) is 28.0 Å². The lowest BCUT2D eigenvalue weighted by Crippen LogP contribution is -2.30. The zero-order chi connectivity index (χ0) is 38.2. The summed E-state index contributed by atoms with van der Waals surface area (Å²) in [6.45, 7) is 12.1. The molecule has 0 aliphatic rings. The van der Waals surface area contributed by atoms with Crippen molar-refractivity contribution in [3.63, 3.8) is 0 Å². The molecule has 0 amide bonds. The Morgan fingerprint density at radius 2 is 1.00 bits per heavy atom. The van der Waals surface area contributed by atoms with Crippen molar-refractivity contribution >= 4 is 31.1 Å². The van der Waals surface area contributed by atoms with Gasteiger partial charge in [0.15, 0.2) is 0 Å². The topological polar surface area (TPSA) is 127 Å². The fourth-order valence-corrected chi connectivity index (χ4v) is 7.62. The summed E-state index contributed by atoms with van der Waals surface area (Å²) in [4.78, 5) is 11.6. The van der Waals surface area contributed by atoms with E-state index in [0.717, 1.165) is 69.3 Å². The Hall–Kier alpha value is -3.10. The molecule has 7 nitrogen and oxygen atoms in total. The SMILES string of the molecule is CCCCCCCCCCCCCCCc1cc(-c2c(C)cc(B(O)O)cc2C)c(OC(CC)CCC(=O)O)c(-c2c(C)cc(B(O)O)cc2C)c1. The minimum atomic E-state index is -1.59. The van der Waals surface area contributed by atoms with E-state index in [2.05, 4.69) is 19.1 Å². The van der Waals surface area contributed by atoms with Gasteiger partial charge in [0.05, 0.1) is 6.10 Å². The number of unbranched alkanes of at least 4 members (excludes halogenated alkanes) is 12. The van der Waals surface area contributed by atoms with Crippen LogP contribution in [-0.4, -0.2) is 51.5 Å². The van der Waals surface area contributed by atoms with Crippen molar-refractivity contribution in [2.45, 2.75) is 157 Å². The quantitative estimate of drug-likeness (QED) is 0.0467. The number of benzene rings is 3. The second-order valence-electron chi connectivity index (χ2n) is 14.9. The highest BCUT2D eigenvalue weighted by atomic mass is 16.5. The van der Waals surface area contributed by atoms with Gasteiger partial charge in [-0.15, -0.1) is 0 Å². The second-order valence-corrected chi connectivity index (χ2v) is 14.9. The summed E-state index contributed by atoms with van der Waals surface area (Å²) < 4.78 is 6.88. The van der Waals surface area contributed by atoms with Gasteiger partial charge in [0.2, 0.25) is 0 Å². The van der Waals surface area contributed by atoms with E-state index < -0.39 is 20.2 Å². The first-order valence-electron chi connectivity index (χ1n) is 19.9. The molecule has 0 aliphatic carbocycles. The molecule has 52 heavy (non-hydrogen) atoms. The molecule has 1 atom stereocenters. The minimum absolute atomic E-state index is 0.0113. The number of hydrogen-bond acceptors (Lipinski definition) is 6. The molecule has 0 radical (unpaired) electrons. The highest BCUT2D eigenvalue weighted by molar-refractivity contribution is 6.59. The van der Waals surface area contributed by atoms with E-state index in [4.69, 9.17) is 4.74 Å². The average Bonchev–Trinajstić information content (AvgIpc) is 3.08. The van der Waals surface area contributed by atoms with Crippen molar-refractivity contribution < 1.29 is 34.7 Å². The Kier molecular flexibility index (Phi) is 18.5. The van der Waals surface area contributed by atoms with E-state index in [1.807, 2.05) is 34.6 Å². The average molecular weight is 715 g/mol. The maximum Gasteiger partial charge on any atom is 0.488 e. The van der Waals surface area contributed by atoms with Gasteiger partial charge in [-0.05, 0) is 115 Å². The normalized spacial score (nSPS) is 11.9. The van der Waals surface area contributed by atoms with Gasteiger partial charge in [0.1, 0.15) is 5.75 Å². The van der Waals surface area contributed by atoms with Crippen LogP contribution < -0.4 is 15.7 Å². The monoisotopic (exact) mass is 714 g/mol. The van der Waals surface area contributed by atoms with Crippen LogP contribution in [0.2, 0.25) is 0 Å². The van der Waals surface area contributed by atoms with Gasteiger partial charge >= 0.3 is 20.2 Å². The molecule has 284 valence electrons.